The van der Waals surface area contributed by atoms with Crippen LogP contribution >= 0.6 is 11.3 Å². The largest absolute Gasteiger partial charge is 0.478 e. The van der Waals surface area contributed by atoms with Crippen molar-refractivity contribution in [2.24, 2.45) is 0 Å². The number of aryl methyl sites for hydroxylation is 1. The monoisotopic (exact) mass is 311 g/mol. The third kappa shape index (κ3) is 3.24. The van der Waals surface area contributed by atoms with Gasteiger partial charge in [0.25, 0.3) is 10.0 Å². The van der Waals surface area contributed by atoms with Gasteiger partial charge < -0.3 is 5.11 Å². The molecule has 0 radical (unpaired) electrons. The molecule has 0 spiro atoms. The van der Waals surface area contributed by atoms with E-state index in [0.29, 0.717) is 11.1 Å². The Kier molecular flexibility index (Phi) is 4.22. The fourth-order valence-electron chi connectivity index (χ4n) is 1.69. The van der Waals surface area contributed by atoms with Crippen molar-refractivity contribution in [3.8, 4) is 0 Å². The first-order chi connectivity index (χ1) is 9.40. The van der Waals surface area contributed by atoms with E-state index >= 15 is 0 Å². The summed E-state index contributed by atoms with van der Waals surface area (Å²) in [6, 6.07) is 7.92. The van der Waals surface area contributed by atoms with Crippen LogP contribution in [0.15, 0.2) is 39.9 Å². The molecule has 7 heteroatoms. The third-order valence-electron chi connectivity index (χ3n) is 2.70. The fraction of sp³-hybridized carbons (Fsp3) is 0.154. The second kappa shape index (κ2) is 5.74. The molecule has 0 bridgehead atoms. The molecule has 5 nitrogen and oxygen atoms in total. The minimum atomic E-state index is -3.56. The number of hydrogen-bond donors (Lipinski definition) is 2. The van der Waals surface area contributed by atoms with Gasteiger partial charge in [-0.3, -0.25) is 0 Å². The molecule has 0 aliphatic rings. The highest BCUT2D eigenvalue weighted by Gasteiger charge is 2.17. The molecule has 0 saturated heterocycles. The summed E-state index contributed by atoms with van der Waals surface area (Å²) in [4.78, 5) is 10.8. The van der Waals surface area contributed by atoms with E-state index < -0.39 is 16.0 Å². The molecule has 0 saturated carbocycles. The van der Waals surface area contributed by atoms with Gasteiger partial charge in [-0.05, 0) is 41.6 Å². The summed E-state index contributed by atoms with van der Waals surface area (Å²) in [5.74, 6) is -1.04. The molecule has 0 atom stereocenters. The SMILES string of the molecule is Cc1ccsc1S(=O)(=O)NCc1cccc(C(=O)O)c1. The van der Waals surface area contributed by atoms with Crippen molar-refractivity contribution in [3.63, 3.8) is 0 Å². The lowest BCUT2D eigenvalue weighted by molar-refractivity contribution is 0.0696. The summed E-state index contributed by atoms with van der Waals surface area (Å²) < 4.78 is 26.9. The Labute approximate surface area is 120 Å². The van der Waals surface area contributed by atoms with Gasteiger partial charge in [-0.1, -0.05) is 12.1 Å². The van der Waals surface area contributed by atoms with Crippen molar-refractivity contribution >= 4 is 27.3 Å². The molecule has 1 aromatic heterocycles. The predicted molar refractivity (Wildman–Crippen MR) is 76.5 cm³/mol. The first-order valence-corrected chi connectivity index (χ1v) is 8.12. The standard InChI is InChI=1S/C13H13NO4S2/c1-9-5-6-19-13(9)20(17,18)14-8-10-3-2-4-11(7-10)12(15)16/h2-7,14H,8H2,1H3,(H,15,16). The van der Waals surface area contributed by atoms with Crippen LogP contribution in [0.25, 0.3) is 0 Å². The number of carbonyl (C=O) groups is 1. The van der Waals surface area contributed by atoms with Crippen molar-refractivity contribution in [3.05, 3.63) is 52.4 Å². The molecule has 0 aliphatic heterocycles. The van der Waals surface area contributed by atoms with Crippen LogP contribution in [0.4, 0.5) is 0 Å². The zero-order valence-electron chi connectivity index (χ0n) is 10.7. The average molecular weight is 311 g/mol. The number of nitrogens with one attached hydrogen (secondary N) is 1. The molecular weight excluding hydrogens is 298 g/mol. The molecule has 2 aromatic rings. The van der Waals surface area contributed by atoms with E-state index in [9.17, 15) is 13.2 Å². The minimum Gasteiger partial charge on any atom is -0.478 e. The number of aromatic carboxylic acids is 1. The van der Waals surface area contributed by atoms with Crippen molar-refractivity contribution in [2.45, 2.75) is 17.7 Å². The van der Waals surface area contributed by atoms with E-state index in [-0.39, 0.29) is 16.3 Å². The van der Waals surface area contributed by atoms with Crippen LogP contribution in [0.1, 0.15) is 21.5 Å². The topological polar surface area (TPSA) is 83.5 Å². The van der Waals surface area contributed by atoms with Crippen LogP contribution in [0.5, 0.6) is 0 Å². The van der Waals surface area contributed by atoms with Crippen LogP contribution in [0.2, 0.25) is 0 Å². The first-order valence-electron chi connectivity index (χ1n) is 5.76. The van der Waals surface area contributed by atoms with Gasteiger partial charge in [0.2, 0.25) is 0 Å². The fourth-order valence-corrected chi connectivity index (χ4v) is 4.17. The van der Waals surface area contributed by atoms with Crippen LogP contribution in [0, 0.1) is 6.92 Å². The molecule has 0 unspecified atom stereocenters. The highest BCUT2D eigenvalue weighted by Crippen LogP contribution is 2.21. The van der Waals surface area contributed by atoms with Gasteiger partial charge in [-0.25, -0.2) is 17.9 Å². The maximum Gasteiger partial charge on any atom is 0.335 e. The van der Waals surface area contributed by atoms with E-state index in [0.717, 1.165) is 11.3 Å². The van der Waals surface area contributed by atoms with E-state index in [4.69, 9.17) is 5.11 Å². The Morgan fingerprint density at radius 2 is 2.10 bits per heavy atom. The van der Waals surface area contributed by atoms with Crippen molar-refractivity contribution in [1.82, 2.24) is 4.72 Å². The van der Waals surface area contributed by atoms with E-state index in [1.807, 2.05) is 0 Å². The molecule has 0 fully saturated rings. The molecule has 106 valence electrons. The molecular formula is C13H13NO4S2. The van der Waals surface area contributed by atoms with E-state index in [1.54, 1.807) is 30.5 Å². The molecule has 0 amide bonds. The minimum absolute atomic E-state index is 0.0563. The van der Waals surface area contributed by atoms with Crippen LogP contribution in [-0.2, 0) is 16.6 Å². The predicted octanol–water partition coefficient (Wildman–Crippen LogP) is 2.23. The van der Waals surface area contributed by atoms with E-state index in [1.165, 1.54) is 12.1 Å². The molecule has 1 heterocycles. The summed E-state index contributed by atoms with van der Waals surface area (Å²) in [5.41, 5.74) is 1.43. The summed E-state index contributed by atoms with van der Waals surface area (Å²) >= 11 is 1.16. The number of sulfonamides is 1. The zero-order valence-corrected chi connectivity index (χ0v) is 12.3. The Morgan fingerprint density at radius 3 is 2.70 bits per heavy atom. The lowest BCUT2D eigenvalue weighted by Crippen LogP contribution is -2.23. The number of carboxylic acids is 1. The summed E-state index contributed by atoms with van der Waals surface area (Å²) in [7, 11) is -3.56. The van der Waals surface area contributed by atoms with Gasteiger partial charge in [0, 0.05) is 6.54 Å². The van der Waals surface area contributed by atoms with Crippen LogP contribution < -0.4 is 4.72 Å². The molecule has 2 rings (SSSR count). The molecule has 2 N–H and O–H groups in total. The lowest BCUT2D eigenvalue weighted by atomic mass is 10.1. The zero-order chi connectivity index (χ0) is 14.8. The van der Waals surface area contributed by atoms with Crippen molar-refractivity contribution in [1.29, 1.82) is 0 Å². The van der Waals surface area contributed by atoms with Crippen LogP contribution in [-0.4, -0.2) is 19.5 Å². The highest BCUT2D eigenvalue weighted by atomic mass is 32.2. The third-order valence-corrected chi connectivity index (χ3v) is 5.79. The quantitative estimate of drug-likeness (QED) is 0.887. The second-order valence-electron chi connectivity index (χ2n) is 4.22. The maximum absolute atomic E-state index is 12.1. The number of carboxylic acid groups (broad SMARTS) is 1. The lowest BCUT2D eigenvalue weighted by Gasteiger charge is -2.06. The Morgan fingerprint density at radius 1 is 1.35 bits per heavy atom. The summed E-state index contributed by atoms with van der Waals surface area (Å²) in [6.45, 7) is 1.79. The normalized spacial score (nSPS) is 11.4. The van der Waals surface area contributed by atoms with Crippen LogP contribution in [0.3, 0.4) is 0 Å². The van der Waals surface area contributed by atoms with Gasteiger partial charge in [0.15, 0.2) is 0 Å². The maximum atomic E-state index is 12.1. The molecule has 1 aromatic carbocycles. The number of thiophene rings is 1. The second-order valence-corrected chi connectivity index (χ2v) is 7.10. The van der Waals surface area contributed by atoms with Gasteiger partial charge in [0.05, 0.1) is 5.56 Å². The Hall–Kier alpha value is -1.70. The summed E-state index contributed by atoms with van der Waals surface area (Å²) in [5, 5.41) is 10.6. The average Bonchev–Trinajstić information content (AvgIpc) is 2.84. The highest BCUT2D eigenvalue weighted by molar-refractivity contribution is 7.91. The molecule has 0 aliphatic carbocycles. The van der Waals surface area contributed by atoms with Gasteiger partial charge in [0.1, 0.15) is 4.21 Å². The smallest absolute Gasteiger partial charge is 0.335 e. The number of hydrogen-bond acceptors (Lipinski definition) is 4. The molecule has 20 heavy (non-hydrogen) atoms. The van der Waals surface area contributed by atoms with Crippen molar-refractivity contribution < 1.29 is 18.3 Å². The summed E-state index contributed by atoms with van der Waals surface area (Å²) in [6.07, 6.45) is 0. The van der Waals surface area contributed by atoms with Crippen molar-refractivity contribution in [2.75, 3.05) is 0 Å². The Balaban J connectivity index is 2.15. The Bertz CT molecular complexity index is 734. The van der Waals surface area contributed by atoms with Gasteiger partial charge >= 0.3 is 5.97 Å². The number of benzene rings is 1. The number of rotatable bonds is 5. The van der Waals surface area contributed by atoms with E-state index in [2.05, 4.69) is 4.72 Å². The first kappa shape index (κ1) is 14.7. The van der Waals surface area contributed by atoms with Gasteiger partial charge in [-0.2, -0.15) is 0 Å². The van der Waals surface area contributed by atoms with Gasteiger partial charge in [-0.15, -0.1) is 11.3 Å².